The Morgan fingerprint density at radius 1 is 1.35 bits per heavy atom. The van der Waals surface area contributed by atoms with Crippen molar-refractivity contribution >= 4 is 28.7 Å². The molecular formula is C13H13FN2O4. The lowest BCUT2D eigenvalue weighted by atomic mass is 10.1. The molecule has 0 aliphatic carbocycles. The molecule has 1 aromatic carbocycles. The highest BCUT2D eigenvalue weighted by Crippen LogP contribution is 2.28. The Hall–Kier alpha value is -2.57. The third-order valence-corrected chi connectivity index (χ3v) is 2.80. The molecule has 0 aliphatic heterocycles. The molecule has 0 aliphatic rings. The van der Waals surface area contributed by atoms with Gasteiger partial charge in [-0.15, -0.1) is 0 Å². The van der Waals surface area contributed by atoms with Gasteiger partial charge in [0.05, 0.1) is 19.3 Å². The van der Waals surface area contributed by atoms with E-state index in [2.05, 4.69) is 9.72 Å². The zero-order valence-electron chi connectivity index (χ0n) is 11.0. The van der Waals surface area contributed by atoms with E-state index < -0.39 is 17.8 Å². The van der Waals surface area contributed by atoms with Crippen LogP contribution in [-0.2, 0) is 9.47 Å². The minimum absolute atomic E-state index is 0.0529. The van der Waals surface area contributed by atoms with Crippen molar-refractivity contribution in [2.45, 2.75) is 6.92 Å². The van der Waals surface area contributed by atoms with Gasteiger partial charge in [-0.3, -0.25) is 0 Å². The molecule has 0 radical (unpaired) electrons. The quantitative estimate of drug-likeness (QED) is 0.837. The number of fused-ring (bicyclic) bond motifs is 1. The van der Waals surface area contributed by atoms with E-state index in [4.69, 9.17) is 10.5 Å². The van der Waals surface area contributed by atoms with Crippen LogP contribution in [0.15, 0.2) is 12.1 Å². The van der Waals surface area contributed by atoms with Gasteiger partial charge in [-0.1, -0.05) is 0 Å². The van der Waals surface area contributed by atoms with E-state index in [-0.39, 0.29) is 28.9 Å². The minimum atomic E-state index is -0.810. The summed E-state index contributed by atoms with van der Waals surface area (Å²) in [6, 6.07) is 2.30. The second-order valence-corrected chi connectivity index (χ2v) is 4.00. The lowest BCUT2D eigenvalue weighted by Crippen LogP contribution is -2.07. The second kappa shape index (κ2) is 5.20. The summed E-state index contributed by atoms with van der Waals surface area (Å²) < 4.78 is 23.2. The number of anilines is 1. The van der Waals surface area contributed by atoms with Crippen molar-refractivity contribution in [2.75, 3.05) is 19.5 Å². The van der Waals surface area contributed by atoms with E-state index in [1.165, 1.54) is 6.07 Å². The Labute approximate surface area is 113 Å². The molecular weight excluding hydrogens is 267 g/mol. The predicted octanol–water partition coefficient (Wildman–Crippen LogP) is 1.85. The zero-order valence-corrected chi connectivity index (χ0v) is 11.0. The first-order chi connectivity index (χ1) is 9.49. The number of rotatable bonds is 3. The van der Waals surface area contributed by atoms with E-state index >= 15 is 0 Å². The van der Waals surface area contributed by atoms with E-state index in [1.807, 2.05) is 0 Å². The van der Waals surface area contributed by atoms with Crippen LogP contribution in [0, 0.1) is 5.82 Å². The van der Waals surface area contributed by atoms with E-state index in [9.17, 15) is 14.0 Å². The van der Waals surface area contributed by atoms with Crippen LogP contribution in [0.25, 0.3) is 10.9 Å². The molecule has 7 heteroatoms. The van der Waals surface area contributed by atoms with Gasteiger partial charge in [-0.2, -0.15) is 0 Å². The Kier molecular flexibility index (Phi) is 3.60. The molecule has 1 aromatic heterocycles. The monoisotopic (exact) mass is 280 g/mol. The number of halogens is 1. The number of nitrogens with one attached hydrogen (secondary N) is 1. The summed E-state index contributed by atoms with van der Waals surface area (Å²) in [5.41, 5.74) is 5.87. The van der Waals surface area contributed by atoms with Crippen molar-refractivity contribution in [2.24, 2.45) is 0 Å². The molecule has 2 rings (SSSR count). The van der Waals surface area contributed by atoms with Crippen molar-refractivity contribution < 1.29 is 23.5 Å². The third-order valence-electron chi connectivity index (χ3n) is 2.80. The topological polar surface area (TPSA) is 94.4 Å². The van der Waals surface area contributed by atoms with E-state index in [1.54, 1.807) is 6.92 Å². The van der Waals surface area contributed by atoms with Crippen LogP contribution in [0.4, 0.5) is 10.2 Å². The molecule has 0 unspecified atom stereocenters. The molecule has 1 heterocycles. The van der Waals surface area contributed by atoms with Crippen molar-refractivity contribution in [3.05, 3.63) is 29.1 Å². The van der Waals surface area contributed by atoms with Crippen molar-refractivity contribution in [1.29, 1.82) is 0 Å². The molecule has 0 saturated carbocycles. The lowest BCUT2D eigenvalue weighted by Gasteiger charge is -2.03. The van der Waals surface area contributed by atoms with Crippen LogP contribution >= 0.6 is 0 Å². The number of aromatic nitrogens is 1. The molecule has 106 valence electrons. The highest BCUT2D eigenvalue weighted by molar-refractivity contribution is 6.10. The highest BCUT2D eigenvalue weighted by Gasteiger charge is 2.21. The van der Waals surface area contributed by atoms with Gasteiger partial charge < -0.3 is 20.2 Å². The van der Waals surface area contributed by atoms with Crippen LogP contribution in [-0.4, -0.2) is 30.6 Å². The van der Waals surface area contributed by atoms with Crippen LogP contribution in [0.1, 0.15) is 27.6 Å². The summed E-state index contributed by atoms with van der Waals surface area (Å²) in [4.78, 5) is 25.9. The zero-order chi connectivity index (χ0) is 14.9. The maximum absolute atomic E-state index is 13.9. The molecule has 0 atom stereocenters. The average Bonchev–Trinajstić information content (AvgIpc) is 2.72. The molecule has 3 N–H and O–H groups in total. The summed E-state index contributed by atoms with van der Waals surface area (Å²) in [6.45, 7) is 1.83. The molecule has 0 spiro atoms. The molecule has 0 bridgehead atoms. The molecule has 0 fully saturated rings. The number of ether oxygens (including phenoxy) is 2. The smallest absolute Gasteiger partial charge is 0.342 e. The molecule has 0 saturated heterocycles. The maximum Gasteiger partial charge on any atom is 0.342 e. The predicted molar refractivity (Wildman–Crippen MR) is 70.0 cm³/mol. The Balaban J connectivity index is 2.64. The molecule has 2 aromatic rings. The number of hydrogen-bond acceptors (Lipinski definition) is 5. The number of nitrogen functional groups attached to an aromatic ring is 1. The SMILES string of the molecule is CCOC(=O)c1c(N)[nH]c2cc(C(=O)OC)c(F)cc12. The van der Waals surface area contributed by atoms with E-state index in [0.717, 1.165) is 13.2 Å². The summed E-state index contributed by atoms with van der Waals surface area (Å²) in [6.07, 6.45) is 0. The molecule has 20 heavy (non-hydrogen) atoms. The summed E-state index contributed by atoms with van der Waals surface area (Å²) >= 11 is 0. The third kappa shape index (κ3) is 2.18. The Morgan fingerprint density at radius 2 is 2.05 bits per heavy atom. The van der Waals surface area contributed by atoms with E-state index in [0.29, 0.717) is 5.52 Å². The Bertz CT molecular complexity index is 693. The number of benzene rings is 1. The average molecular weight is 280 g/mol. The first kappa shape index (κ1) is 13.9. The summed E-state index contributed by atoms with van der Waals surface area (Å²) in [5, 5.41) is 0.256. The normalized spacial score (nSPS) is 10.6. The molecule has 6 nitrogen and oxygen atoms in total. The summed E-state index contributed by atoms with van der Waals surface area (Å²) in [7, 11) is 1.15. The van der Waals surface area contributed by atoms with Gasteiger partial charge in [0.25, 0.3) is 0 Å². The Morgan fingerprint density at radius 3 is 2.65 bits per heavy atom. The van der Waals surface area contributed by atoms with Gasteiger partial charge in [0.15, 0.2) is 0 Å². The fourth-order valence-electron chi connectivity index (χ4n) is 1.93. The number of methoxy groups -OCH3 is 1. The largest absolute Gasteiger partial charge is 0.465 e. The number of hydrogen-bond donors (Lipinski definition) is 2. The van der Waals surface area contributed by atoms with Crippen molar-refractivity contribution in [3.8, 4) is 0 Å². The first-order valence-electron chi connectivity index (χ1n) is 5.85. The first-order valence-corrected chi connectivity index (χ1v) is 5.85. The van der Waals surface area contributed by atoms with Gasteiger partial charge in [-0.25, -0.2) is 14.0 Å². The minimum Gasteiger partial charge on any atom is -0.465 e. The van der Waals surface area contributed by atoms with Gasteiger partial charge in [0.1, 0.15) is 17.2 Å². The fourth-order valence-corrected chi connectivity index (χ4v) is 1.93. The maximum atomic E-state index is 13.9. The van der Waals surface area contributed by atoms with Crippen LogP contribution < -0.4 is 5.73 Å². The fraction of sp³-hybridized carbons (Fsp3) is 0.231. The van der Waals surface area contributed by atoms with Gasteiger partial charge >= 0.3 is 11.9 Å². The standard InChI is InChI=1S/C13H13FN2O4/c1-3-20-13(18)10-7-4-8(14)6(12(17)19-2)5-9(7)16-11(10)15/h4-5,16H,3,15H2,1-2H3. The lowest BCUT2D eigenvalue weighted by molar-refractivity contribution is 0.0529. The van der Waals surface area contributed by atoms with Crippen LogP contribution in [0.5, 0.6) is 0 Å². The van der Waals surface area contributed by atoms with Gasteiger partial charge in [0.2, 0.25) is 0 Å². The number of carbonyl (C=O) groups excluding carboxylic acids is 2. The number of H-pyrrole nitrogens is 1. The number of esters is 2. The number of aromatic amines is 1. The summed E-state index contributed by atoms with van der Waals surface area (Å²) in [5.74, 6) is -2.20. The van der Waals surface area contributed by atoms with Crippen LogP contribution in [0.3, 0.4) is 0 Å². The number of nitrogens with two attached hydrogens (primary N) is 1. The number of carbonyl (C=O) groups is 2. The van der Waals surface area contributed by atoms with Crippen molar-refractivity contribution in [1.82, 2.24) is 4.98 Å². The van der Waals surface area contributed by atoms with Crippen molar-refractivity contribution in [3.63, 3.8) is 0 Å². The highest BCUT2D eigenvalue weighted by atomic mass is 19.1. The van der Waals surface area contributed by atoms with Gasteiger partial charge in [-0.05, 0) is 19.1 Å². The van der Waals surface area contributed by atoms with Gasteiger partial charge in [0, 0.05) is 10.9 Å². The molecule has 0 amide bonds. The van der Waals surface area contributed by atoms with Crippen LogP contribution in [0.2, 0.25) is 0 Å². The second-order valence-electron chi connectivity index (χ2n) is 4.00.